The molecule has 3 nitrogen and oxygen atoms in total. The molecule has 1 heterocycles. The van der Waals surface area contributed by atoms with Gasteiger partial charge in [0, 0.05) is 30.5 Å². The van der Waals surface area contributed by atoms with Crippen LogP contribution in [0.1, 0.15) is 39.5 Å². The third kappa shape index (κ3) is 4.67. The van der Waals surface area contributed by atoms with E-state index in [-0.39, 0.29) is 0 Å². The minimum Gasteiger partial charge on any atom is -0.372 e. The van der Waals surface area contributed by atoms with Crippen molar-refractivity contribution in [1.29, 1.82) is 0 Å². The van der Waals surface area contributed by atoms with E-state index in [9.17, 15) is 0 Å². The van der Waals surface area contributed by atoms with Crippen LogP contribution in [0.5, 0.6) is 0 Å². The number of nitrogens with one attached hydrogen (secondary N) is 2. The normalized spacial score (nSPS) is 15.8. The second kappa shape index (κ2) is 7.48. The van der Waals surface area contributed by atoms with Crippen LogP contribution in [0.3, 0.4) is 0 Å². The molecule has 1 fully saturated rings. The number of hydrogen-bond acceptors (Lipinski definition) is 2. The molecule has 0 spiro atoms. The van der Waals surface area contributed by atoms with Crippen molar-refractivity contribution in [2.24, 2.45) is 0 Å². The maximum Gasteiger partial charge on any atom is 0.170 e. The van der Waals surface area contributed by atoms with E-state index in [4.69, 9.17) is 12.2 Å². The largest absolute Gasteiger partial charge is 0.372 e. The van der Waals surface area contributed by atoms with Crippen molar-refractivity contribution in [2.75, 3.05) is 23.3 Å². The smallest absolute Gasteiger partial charge is 0.170 e. The van der Waals surface area contributed by atoms with Crippen molar-refractivity contribution >= 4 is 28.7 Å². The first-order valence-electron chi connectivity index (χ1n) is 7.57. The molecule has 1 saturated heterocycles. The molecule has 20 heavy (non-hydrogen) atoms. The Morgan fingerprint density at radius 2 is 1.65 bits per heavy atom. The molecule has 0 saturated carbocycles. The number of nitrogens with zero attached hydrogens (tertiary/aromatic N) is 1. The van der Waals surface area contributed by atoms with Crippen molar-refractivity contribution in [2.45, 2.75) is 45.6 Å². The third-order valence-corrected chi connectivity index (χ3v) is 3.74. The zero-order valence-corrected chi connectivity index (χ0v) is 13.3. The van der Waals surface area contributed by atoms with E-state index in [1.807, 2.05) is 0 Å². The Hall–Kier alpha value is -1.29. The predicted molar refractivity (Wildman–Crippen MR) is 91.6 cm³/mol. The third-order valence-electron chi connectivity index (χ3n) is 3.52. The fraction of sp³-hybridized carbons (Fsp3) is 0.562. The van der Waals surface area contributed by atoms with Gasteiger partial charge in [0.15, 0.2) is 5.11 Å². The highest BCUT2D eigenvalue weighted by Crippen LogP contribution is 2.21. The maximum atomic E-state index is 5.26. The predicted octanol–water partition coefficient (Wildman–Crippen LogP) is 3.76. The summed E-state index contributed by atoms with van der Waals surface area (Å²) < 4.78 is 0. The van der Waals surface area contributed by atoms with Gasteiger partial charge in [-0.25, -0.2) is 0 Å². The molecule has 0 unspecified atom stereocenters. The summed E-state index contributed by atoms with van der Waals surface area (Å²) in [6.07, 6.45) is 5.35. The van der Waals surface area contributed by atoms with E-state index in [0.717, 1.165) is 5.69 Å². The van der Waals surface area contributed by atoms with Crippen LogP contribution in [-0.2, 0) is 0 Å². The molecule has 0 amide bonds. The van der Waals surface area contributed by atoms with Crippen LogP contribution in [0.25, 0.3) is 0 Å². The molecule has 0 aromatic heterocycles. The molecule has 0 aliphatic carbocycles. The van der Waals surface area contributed by atoms with Gasteiger partial charge in [0.2, 0.25) is 0 Å². The van der Waals surface area contributed by atoms with Gasteiger partial charge in [0.05, 0.1) is 0 Å². The molecular formula is C16H25N3S. The van der Waals surface area contributed by atoms with E-state index in [2.05, 4.69) is 53.6 Å². The highest BCUT2D eigenvalue weighted by atomic mass is 32.1. The van der Waals surface area contributed by atoms with Gasteiger partial charge in [0.25, 0.3) is 0 Å². The lowest BCUT2D eigenvalue weighted by molar-refractivity contribution is 0.726. The number of benzene rings is 1. The first-order valence-corrected chi connectivity index (χ1v) is 7.98. The van der Waals surface area contributed by atoms with Gasteiger partial charge in [-0.15, -0.1) is 0 Å². The molecule has 1 aromatic rings. The molecule has 0 bridgehead atoms. The molecule has 1 aliphatic heterocycles. The Bertz CT molecular complexity index is 420. The second-order valence-corrected chi connectivity index (χ2v) is 6.11. The fourth-order valence-corrected chi connectivity index (χ4v) is 2.87. The summed E-state index contributed by atoms with van der Waals surface area (Å²) in [5.74, 6) is 0. The maximum absolute atomic E-state index is 5.26. The molecule has 1 aromatic carbocycles. The van der Waals surface area contributed by atoms with Crippen LogP contribution < -0.4 is 15.5 Å². The van der Waals surface area contributed by atoms with E-state index < -0.39 is 0 Å². The van der Waals surface area contributed by atoms with Crippen LogP contribution in [0.4, 0.5) is 11.4 Å². The monoisotopic (exact) mass is 291 g/mol. The molecule has 4 heteroatoms. The van der Waals surface area contributed by atoms with Gasteiger partial charge in [-0.05, 0) is 63.2 Å². The summed E-state index contributed by atoms with van der Waals surface area (Å²) in [6, 6.07) is 8.94. The second-order valence-electron chi connectivity index (χ2n) is 5.70. The quantitative estimate of drug-likeness (QED) is 0.829. The van der Waals surface area contributed by atoms with E-state index in [1.54, 1.807) is 0 Å². The zero-order valence-electron chi connectivity index (χ0n) is 12.5. The van der Waals surface area contributed by atoms with Crippen molar-refractivity contribution in [3.05, 3.63) is 24.3 Å². The van der Waals surface area contributed by atoms with Crippen LogP contribution in [-0.4, -0.2) is 24.2 Å². The van der Waals surface area contributed by atoms with Crippen LogP contribution in [0, 0.1) is 0 Å². The van der Waals surface area contributed by atoms with Crippen molar-refractivity contribution < 1.29 is 0 Å². The molecule has 2 rings (SSSR count). The summed E-state index contributed by atoms with van der Waals surface area (Å²) in [7, 11) is 0. The average molecular weight is 291 g/mol. The lowest BCUT2D eigenvalue weighted by Gasteiger charge is -2.23. The van der Waals surface area contributed by atoms with Gasteiger partial charge in [-0.1, -0.05) is 12.8 Å². The first-order chi connectivity index (χ1) is 9.65. The Kier molecular flexibility index (Phi) is 5.65. The SMILES string of the molecule is CC(C)NC(=S)Nc1ccc(N2CCCCCC2)cc1. The molecule has 110 valence electrons. The first kappa shape index (κ1) is 15.1. The van der Waals surface area contributed by atoms with Gasteiger partial charge in [0.1, 0.15) is 0 Å². The Morgan fingerprint density at radius 3 is 2.20 bits per heavy atom. The van der Waals surface area contributed by atoms with Crippen molar-refractivity contribution in [3.8, 4) is 0 Å². The van der Waals surface area contributed by atoms with Crippen LogP contribution >= 0.6 is 12.2 Å². The van der Waals surface area contributed by atoms with Crippen LogP contribution in [0.2, 0.25) is 0 Å². The fourth-order valence-electron chi connectivity index (χ4n) is 2.51. The highest BCUT2D eigenvalue weighted by Gasteiger charge is 2.09. The zero-order chi connectivity index (χ0) is 14.4. The van der Waals surface area contributed by atoms with E-state index in [0.29, 0.717) is 11.2 Å². The molecule has 0 radical (unpaired) electrons. The van der Waals surface area contributed by atoms with E-state index in [1.165, 1.54) is 44.5 Å². The van der Waals surface area contributed by atoms with Crippen molar-refractivity contribution in [3.63, 3.8) is 0 Å². The standard InChI is InChI=1S/C16H25N3S/c1-13(2)17-16(20)18-14-7-9-15(10-8-14)19-11-5-3-4-6-12-19/h7-10,13H,3-6,11-12H2,1-2H3,(H2,17,18,20). The summed E-state index contributed by atoms with van der Waals surface area (Å²) >= 11 is 5.26. The van der Waals surface area contributed by atoms with Gasteiger partial charge in [-0.3, -0.25) is 0 Å². The summed E-state index contributed by atoms with van der Waals surface area (Å²) in [6.45, 7) is 6.52. The van der Waals surface area contributed by atoms with Gasteiger partial charge >= 0.3 is 0 Å². The van der Waals surface area contributed by atoms with Crippen molar-refractivity contribution in [1.82, 2.24) is 5.32 Å². The summed E-state index contributed by atoms with van der Waals surface area (Å²) in [4.78, 5) is 2.49. The molecular weight excluding hydrogens is 266 g/mol. The Balaban J connectivity index is 1.93. The average Bonchev–Trinajstić information content (AvgIpc) is 2.67. The van der Waals surface area contributed by atoms with Gasteiger partial charge in [-0.2, -0.15) is 0 Å². The lowest BCUT2D eigenvalue weighted by atomic mass is 10.2. The molecule has 2 N–H and O–H groups in total. The minimum absolute atomic E-state index is 0.353. The van der Waals surface area contributed by atoms with Crippen LogP contribution in [0.15, 0.2) is 24.3 Å². The Labute approximate surface area is 127 Å². The Morgan fingerprint density at radius 1 is 1.05 bits per heavy atom. The number of thiocarbonyl (C=S) groups is 1. The lowest BCUT2D eigenvalue weighted by Crippen LogP contribution is -2.33. The number of rotatable bonds is 3. The summed E-state index contributed by atoms with van der Waals surface area (Å²) in [5, 5.41) is 7.09. The highest BCUT2D eigenvalue weighted by molar-refractivity contribution is 7.80. The summed E-state index contributed by atoms with van der Waals surface area (Å²) in [5.41, 5.74) is 2.36. The molecule has 1 aliphatic rings. The molecule has 0 atom stereocenters. The minimum atomic E-state index is 0.353. The topological polar surface area (TPSA) is 27.3 Å². The number of anilines is 2. The number of hydrogen-bond donors (Lipinski definition) is 2. The van der Waals surface area contributed by atoms with Gasteiger partial charge < -0.3 is 15.5 Å². The van der Waals surface area contributed by atoms with E-state index >= 15 is 0 Å².